The van der Waals surface area contributed by atoms with E-state index in [0.29, 0.717) is 5.56 Å². The Labute approximate surface area is 153 Å². The maximum absolute atomic E-state index is 12.3. The summed E-state index contributed by atoms with van der Waals surface area (Å²) in [6, 6.07) is 7.57. The minimum atomic E-state index is -0.744. The van der Waals surface area contributed by atoms with Crippen LogP contribution in [0.3, 0.4) is 0 Å². The number of aromatic amines is 1. The number of benzene rings is 1. The molecular formula is C17H17N5O5. The van der Waals surface area contributed by atoms with Crippen molar-refractivity contribution in [3.8, 4) is 0 Å². The molecule has 1 N–H and O–H groups in total. The van der Waals surface area contributed by atoms with Crippen molar-refractivity contribution >= 4 is 5.97 Å². The molecule has 10 nitrogen and oxygen atoms in total. The zero-order valence-electron chi connectivity index (χ0n) is 14.4. The third-order valence-corrected chi connectivity index (χ3v) is 4.31. The predicted molar refractivity (Wildman–Crippen MR) is 94.2 cm³/mol. The molecule has 0 bridgehead atoms. The number of H-pyrrole nitrogens is 1. The van der Waals surface area contributed by atoms with Gasteiger partial charge in [0.25, 0.3) is 5.56 Å². The second-order valence-corrected chi connectivity index (χ2v) is 6.07. The first kappa shape index (κ1) is 18.4. The van der Waals surface area contributed by atoms with E-state index in [2.05, 4.69) is 15.0 Å². The molecule has 10 heteroatoms. The number of carbonyl (C=O) groups excluding carboxylic acids is 1. The van der Waals surface area contributed by atoms with Crippen molar-refractivity contribution in [3.05, 3.63) is 78.9 Å². The maximum atomic E-state index is 12.3. The number of rotatable bonds is 5. The van der Waals surface area contributed by atoms with E-state index in [-0.39, 0.29) is 13.0 Å². The Morgan fingerprint density at radius 1 is 1.41 bits per heavy atom. The van der Waals surface area contributed by atoms with E-state index < -0.39 is 35.6 Å². The van der Waals surface area contributed by atoms with Crippen molar-refractivity contribution in [2.75, 3.05) is 6.61 Å². The van der Waals surface area contributed by atoms with Gasteiger partial charge >= 0.3 is 11.7 Å². The molecule has 0 radical (unpaired) electrons. The Balaban J connectivity index is 1.73. The molecule has 3 rings (SSSR count). The van der Waals surface area contributed by atoms with Crippen LogP contribution in [0.5, 0.6) is 0 Å². The maximum Gasteiger partial charge on any atom is 0.338 e. The van der Waals surface area contributed by atoms with Gasteiger partial charge in [0, 0.05) is 23.6 Å². The average Bonchev–Trinajstić information content (AvgIpc) is 3.03. The molecule has 2 aromatic rings. The van der Waals surface area contributed by atoms with Crippen LogP contribution >= 0.6 is 0 Å². The molecular weight excluding hydrogens is 354 g/mol. The summed E-state index contributed by atoms with van der Waals surface area (Å²) in [5.41, 5.74) is 8.82. The number of nitrogens with one attached hydrogen (secondary N) is 1. The summed E-state index contributed by atoms with van der Waals surface area (Å²) in [6.45, 7) is 1.66. The first-order valence-corrected chi connectivity index (χ1v) is 8.23. The molecule has 1 aliphatic heterocycles. The normalized spacial score (nSPS) is 21.4. The van der Waals surface area contributed by atoms with Crippen LogP contribution in [-0.4, -0.2) is 34.3 Å². The SMILES string of the molecule is Cc1ccccc1C(=O)OC[C@H]1O[C@@H](n2ccc(=O)[nH]c2=O)C[C@@H]1N=[N+]=[N-]. The quantitative estimate of drug-likeness (QED) is 0.368. The van der Waals surface area contributed by atoms with Crippen LogP contribution in [0.15, 0.2) is 51.2 Å². The van der Waals surface area contributed by atoms with Gasteiger partial charge in [0.1, 0.15) is 18.9 Å². The Hall–Kier alpha value is -3.36. The molecule has 0 amide bonds. The first-order valence-electron chi connectivity index (χ1n) is 8.23. The van der Waals surface area contributed by atoms with E-state index in [4.69, 9.17) is 15.0 Å². The summed E-state index contributed by atoms with van der Waals surface area (Å²) >= 11 is 0. The zero-order chi connectivity index (χ0) is 19.4. The molecule has 1 aromatic carbocycles. The summed E-state index contributed by atoms with van der Waals surface area (Å²) in [5.74, 6) is -0.513. The van der Waals surface area contributed by atoms with Crippen LogP contribution in [-0.2, 0) is 9.47 Å². The summed E-state index contributed by atoms with van der Waals surface area (Å²) in [4.78, 5) is 40.3. The predicted octanol–water partition coefficient (Wildman–Crippen LogP) is 1.67. The number of esters is 1. The minimum absolute atomic E-state index is 0.133. The summed E-state index contributed by atoms with van der Waals surface area (Å²) < 4.78 is 12.3. The molecule has 1 saturated heterocycles. The van der Waals surface area contributed by atoms with Crippen LogP contribution in [0.25, 0.3) is 10.4 Å². The molecule has 1 fully saturated rings. The van der Waals surface area contributed by atoms with E-state index in [1.54, 1.807) is 25.1 Å². The van der Waals surface area contributed by atoms with E-state index in [9.17, 15) is 14.4 Å². The number of aryl methyl sites for hydroxylation is 1. The summed E-state index contributed by atoms with van der Waals surface area (Å²) in [7, 11) is 0. The molecule has 0 unspecified atom stereocenters. The van der Waals surface area contributed by atoms with Gasteiger partial charge in [-0.1, -0.05) is 23.3 Å². The van der Waals surface area contributed by atoms with Gasteiger partial charge in [-0.25, -0.2) is 9.59 Å². The fourth-order valence-electron chi connectivity index (χ4n) is 2.92. The molecule has 3 atom stereocenters. The molecule has 0 saturated carbocycles. The van der Waals surface area contributed by atoms with Gasteiger partial charge in [-0.05, 0) is 24.1 Å². The largest absolute Gasteiger partial charge is 0.459 e. The van der Waals surface area contributed by atoms with Crippen molar-refractivity contribution in [1.29, 1.82) is 0 Å². The standard InChI is InChI=1S/C17H17N5O5/c1-10-4-2-3-5-11(10)16(24)26-9-13-12(20-21-18)8-15(27-13)22-7-6-14(23)19-17(22)25/h2-7,12-13,15H,8-9H2,1H3,(H,19,23,25)/t12-,13+,15+/m0/s1. The Morgan fingerprint density at radius 2 is 2.19 bits per heavy atom. The highest BCUT2D eigenvalue weighted by atomic mass is 16.6. The van der Waals surface area contributed by atoms with Crippen LogP contribution in [0.4, 0.5) is 0 Å². The molecule has 140 valence electrons. The van der Waals surface area contributed by atoms with Crippen molar-refractivity contribution < 1.29 is 14.3 Å². The third-order valence-electron chi connectivity index (χ3n) is 4.31. The van der Waals surface area contributed by atoms with Crippen LogP contribution in [0.1, 0.15) is 28.6 Å². The van der Waals surface area contributed by atoms with Gasteiger partial charge < -0.3 is 9.47 Å². The molecule has 2 heterocycles. The van der Waals surface area contributed by atoms with Crippen LogP contribution in [0, 0.1) is 6.92 Å². The minimum Gasteiger partial charge on any atom is -0.459 e. The number of carbonyl (C=O) groups is 1. The summed E-state index contributed by atoms with van der Waals surface area (Å²) in [6.07, 6.45) is 0.0632. The fourth-order valence-corrected chi connectivity index (χ4v) is 2.92. The van der Waals surface area contributed by atoms with E-state index in [0.717, 1.165) is 5.56 Å². The molecule has 1 aliphatic rings. The highest BCUT2D eigenvalue weighted by molar-refractivity contribution is 5.90. The van der Waals surface area contributed by atoms with Gasteiger partial charge in [-0.3, -0.25) is 14.3 Å². The van der Waals surface area contributed by atoms with E-state index in [1.165, 1.54) is 16.8 Å². The lowest BCUT2D eigenvalue weighted by Crippen LogP contribution is -2.32. The topological polar surface area (TPSA) is 139 Å². The van der Waals surface area contributed by atoms with Crippen LogP contribution in [0.2, 0.25) is 0 Å². The van der Waals surface area contributed by atoms with E-state index in [1.807, 2.05) is 6.07 Å². The Bertz CT molecular complexity index is 1010. The van der Waals surface area contributed by atoms with Gasteiger partial charge in [-0.15, -0.1) is 0 Å². The number of ether oxygens (including phenoxy) is 2. The van der Waals surface area contributed by atoms with Crippen LogP contribution < -0.4 is 11.2 Å². The zero-order valence-corrected chi connectivity index (χ0v) is 14.4. The monoisotopic (exact) mass is 371 g/mol. The Kier molecular flexibility index (Phi) is 5.39. The second kappa shape index (κ2) is 7.90. The first-order chi connectivity index (χ1) is 13.0. The highest BCUT2D eigenvalue weighted by Gasteiger charge is 2.37. The van der Waals surface area contributed by atoms with Crippen molar-refractivity contribution in [2.45, 2.75) is 31.7 Å². The number of hydrogen-bond donors (Lipinski definition) is 1. The fraction of sp³-hybridized carbons (Fsp3) is 0.353. The molecule has 1 aromatic heterocycles. The number of nitrogens with zero attached hydrogens (tertiary/aromatic N) is 4. The number of azide groups is 1. The Morgan fingerprint density at radius 3 is 2.89 bits per heavy atom. The van der Waals surface area contributed by atoms with Gasteiger partial charge in [0.15, 0.2) is 0 Å². The molecule has 0 spiro atoms. The number of hydrogen-bond acceptors (Lipinski definition) is 6. The van der Waals surface area contributed by atoms with Crippen molar-refractivity contribution in [1.82, 2.24) is 9.55 Å². The lowest BCUT2D eigenvalue weighted by atomic mass is 10.1. The van der Waals surface area contributed by atoms with Crippen molar-refractivity contribution in [3.63, 3.8) is 0 Å². The number of aromatic nitrogens is 2. The summed E-state index contributed by atoms with van der Waals surface area (Å²) in [5, 5.41) is 3.67. The van der Waals surface area contributed by atoms with Gasteiger partial charge in [0.2, 0.25) is 0 Å². The molecule has 27 heavy (non-hydrogen) atoms. The average molecular weight is 371 g/mol. The second-order valence-electron chi connectivity index (χ2n) is 6.07. The lowest BCUT2D eigenvalue weighted by molar-refractivity contribution is -0.0362. The lowest BCUT2D eigenvalue weighted by Gasteiger charge is -2.16. The smallest absolute Gasteiger partial charge is 0.338 e. The molecule has 0 aliphatic carbocycles. The highest BCUT2D eigenvalue weighted by Crippen LogP contribution is 2.30. The van der Waals surface area contributed by atoms with E-state index >= 15 is 0 Å². The third kappa shape index (κ3) is 4.08. The van der Waals surface area contributed by atoms with Gasteiger partial charge in [0.05, 0.1) is 11.6 Å². The van der Waals surface area contributed by atoms with Gasteiger partial charge in [-0.2, -0.15) is 0 Å². The van der Waals surface area contributed by atoms with Crippen molar-refractivity contribution in [2.24, 2.45) is 5.11 Å².